The molecule has 1 saturated heterocycles. The highest BCUT2D eigenvalue weighted by Crippen LogP contribution is 2.29. The lowest BCUT2D eigenvalue weighted by Crippen LogP contribution is -2.43. The molecule has 5 aromatic rings. The Bertz CT molecular complexity index is 1970. The molecule has 0 saturated carbocycles. The molecule has 2 amide bonds. The summed E-state index contributed by atoms with van der Waals surface area (Å²) >= 11 is 1.11. The van der Waals surface area contributed by atoms with Crippen molar-refractivity contribution in [2.75, 3.05) is 51.7 Å². The van der Waals surface area contributed by atoms with E-state index in [0.29, 0.717) is 36.6 Å². The van der Waals surface area contributed by atoms with Crippen molar-refractivity contribution in [3.63, 3.8) is 0 Å². The van der Waals surface area contributed by atoms with Gasteiger partial charge in [0.05, 0.1) is 10.4 Å². The lowest BCUT2D eigenvalue weighted by Gasteiger charge is -2.32. The van der Waals surface area contributed by atoms with E-state index >= 15 is 0 Å². The fourth-order valence-electron chi connectivity index (χ4n) is 6.10. The van der Waals surface area contributed by atoms with E-state index in [9.17, 15) is 19.5 Å². The summed E-state index contributed by atoms with van der Waals surface area (Å²) in [6, 6.07) is 28.7. The normalized spacial score (nSPS) is 13.6. The monoisotopic (exact) mass is 709 g/mol. The van der Waals surface area contributed by atoms with Crippen LogP contribution in [0.5, 0.6) is 11.5 Å². The number of ether oxygens (including phenoxy) is 2. The number of likely N-dealkylation sites (N-methyl/N-ethyl adjacent to an activating group) is 1. The number of thiazole rings is 1. The zero-order valence-corrected chi connectivity index (χ0v) is 29.4. The molecule has 0 atom stereocenters. The average Bonchev–Trinajstić information content (AvgIpc) is 3.56. The number of anilines is 1. The van der Waals surface area contributed by atoms with Crippen molar-refractivity contribution in [1.29, 1.82) is 0 Å². The van der Waals surface area contributed by atoms with Gasteiger partial charge < -0.3 is 34.7 Å². The van der Waals surface area contributed by atoms with Gasteiger partial charge in [0, 0.05) is 45.3 Å². The maximum atomic E-state index is 12.8. The molecule has 2 heterocycles. The van der Waals surface area contributed by atoms with Crippen LogP contribution >= 0.6 is 11.3 Å². The van der Waals surface area contributed by atoms with Gasteiger partial charge in [-0.15, -0.1) is 0 Å². The molecule has 1 aliphatic rings. The van der Waals surface area contributed by atoms with Crippen LogP contribution in [0, 0.1) is 0 Å². The van der Waals surface area contributed by atoms with Crippen LogP contribution in [0.3, 0.4) is 0 Å². The second-order valence-corrected chi connectivity index (χ2v) is 13.6. The van der Waals surface area contributed by atoms with Crippen LogP contribution in [0.2, 0.25) is 0 Å². The molecule has 0 bridgehead atoms. The molecule has 266 valence electrons. The summed E-state index contributed by atoms with van der Waals surface area (Å²) in [6.45, 7) is 4.21. The summed E-state index contributed by atoms with van der Waals surface area (Å²) in [5.74, 6) is 0.617. The Labute approximate surface area is 300 Å². The number of phenolic OH excluding ortho intramolecular Hbond substituents is 1. The molecule has 0 spiro atoms. The van der Waals surface area contributed by atoms with Gasteiger partial charge in [-0.2, -0.15) is 0 Å². The number of aromatic hydroxyl groups is 1. The molecular weight excluding hydrogens is 667 g/mol. The molecule has 12 heteroatoms. The van der Waals surface area contributed by atoms with Crippen molar-refractivity contribution in [2.45, 2.75) is 31.9 Å². The van der Waals surface area contributed by atoms with Crippen molar-refractivity contribution >= 4 is 39.2 Å². The van der Waals surface area contributed by atoms with Crippen LogP contribution < -0.4 is 20.2 Å². The summed E-state index contributed by atoms with van der Waals surface area (Å²) in [7, 11) is 1.79. The number of para-hydroxylation sites is 1. The molecule has 1 fully saturated rings. The zero-order chi connectivity index (χ0) is 35.6. The largest absolute Gasteiger partial charge is 0.506 e. The van der Waals surface area contributed by atoms with Crippen molar-refractivity contribution in [3.05, 3.63) is 112 Å². The van der Waals surface area contributed by atoms with Crippen LogP contribution in [0.1, 0.15) is 24.0 Å². The minimum Gasteiger partial charge on any atom is -0.506 e. The van der Waals surface area contributed by atoms with Gasteiger partial charge in [-0.05, 0) is 66.8 Å². The Kier molecular flexibility index (Phi) is 12.0. The highest BCUT2D eigenvalue weighted by Gasteiger charge is 2.23. The second-order valence-electron chi connectivity index (χ2n) is 12.6. The first-order valence-corrected chi connectivity index (χ1v) is 18.0. The van der Waals surface area contributed by atoms with Crippen LogP contribution in [0.15, 0.2) is 95.8 Å². The van der Waals surface area contributed by atoms with Crippen LogP contribution in [-0.4, -0.2) is 84.4 Å². The van der Waals surface area contributed by atoms with Gasteiger partial charge >= 0.3 is 11.0 Å². The number of rotatable bonds is 14. The van der Waals surface area contributed by atoms with E-state index in [1.54, 1.807) is 18.0 Å². The fraction of sp³-hybridized carbons (Fsp3) is 0.308. The van der Waals surface area contributed by atoms with Crippen molar-refractivity contribution in [3.8, 4) is 22.6 Å². The Morgan fingerprint density at radius 2 is 1.73 bits per heavy atom. The first-order valence-electron chi connectivity index (χ1n) is 17.2. The summed E-state index contributed by atoms with van der Waals surface area (Å²) in [6.07, 6.45) is 1.59. The molecule has 4 aromatic carbocycles. The van der Waals surface area contributed by atoms with Gasteiger partial charge in [-0.3, -0.25) is 14.9 Å². The Morgan fingerprint density at radius 3 is 2.51 bits per heavy atom. The Hall–Kier alpha value is -5.17. The lowest BCUT2D eigenvalue weighted by molar-refractivity contribution is -0.132. The Balaban J connectivity index is 0.851. The number of nitrogens with one attached hydrogen (secondary N) is 3. The second kappa shape index (κ2) is 17.2. The molecule has 1 aliphatic heterocycles. The van der Waals surface area contributed by atoms with E-state index < -0.39 is 6.09 Å². The fourth-order valence-corrected chi connectivity index (χ4v) is 7.00. The van der Waals surface area contributed by atoms with Crippen LogP contribution in [0.25, 0.3) is 21.3 Å². The molecule has 0 aliphatic carbocycles. The number of carbonyl (C=O) groups is 2. The molecule has 4 N–H and O–H groups in total. The van der Waals surface area contributed by atoms with Crippen molar-refractivity contribution in [2.24, 2.45) is 0 Å². The third-order valence-corrected chi connectivity index (χ3v) is 10.0. The van der Waals surface area contributed by atoms with Gasteiger partial charge in [0.2, 0.25) is 0 Å². The minimum absolute atomic E-state index is 0.0428. The third-order valence-electron chi connectivity index (χ3n) is 9.06. The average molecular weight is 710 g/mol. The van der Waals surface area contributed by atoms with E-state index in [1.807, 2.05) is 84.9 Å². The minimum atomic E-state index is -0.448. The quantitative estimate of drug-likeness (QED) is 0.106. The SMILES string of the molecule is CN(CCN1CCC(OC(=O)Nc2ccccc2-c2ccccc2)CC1)C(=O)COc1ccc(CNCCc2ccc(O)c3[nH]c(=O)sc23)cc1. The van der Waals surface area contributed by atoms with Crippen LogP contribution in [0.4, 0.5) is 10.5 Å². The van der Waals surface area contributed by atoms with E-state index in [0.717, 1.165) is 77.2 Å². The first kappa shape index (κ1) is 35.6. The number of piperidine rings is 1. The number of aromatic amines is 1. The molecule has 0 unspecified atom stereocenters. The van der Waals surface area contributed by atoms with Gasteiger partial charge in [0.1, 0.15) is 23.1 Å². The molecular formula is C39H43N5O6S. The number of carbonyl (C=O) groups excluding carboxylic acids is 2. The molecule has 0 radical (unpaired) electrons. The van der Waals surface area contributed by atoms with Crippen molar-refractivity contribution in [1.82, 2.24) is 20.1 Å². The number of H-pyrrole nitrogens is 1. The molecule has 11 nitrogen and oxygen atoms in total. The van der Waals surface area contributed by atoms with Gasteiger partial charge in [-0.25, -0.2) is 4.79 Å². The van der Waals surface area contributed by atoms with E-state index in [4.69, 9.17) is 9.47 Å². The number of amides is 2. The highest BCUT2D eigenvalue weighted by atomic mass is 32.1. The molecule has 1 aromatic heterocycles. The number of nitrogens with zero attached hydrogens (tertiary/aromatic N) is 2. The number of benzene rings is 4. The maximum absolute atomic E-state index is 12.8. The number of phenols is 1. The Morgan fingerprint density at radius 1 is 0.980 bits per heavy atom. The highest BCUT2D eigenvalue weighted by molar-refractivity contribution is 7.16. The summed E-state index contributed by atoms with van der Waals surface area (Å²) < 4.78 is 12.3. The summed E-state index contributed by atoms with van der Waals surface area (Å²) in [4.78, 5) is 43.7. The number of likely N-dealkylation sites (tertiary alicyclic amines) is 1. The third kappa shape index (κ3) is 9.75. The van der Waals surface area contributed by atoms with E-state index in [2.05, 4.69) is 20.5 Å². The number of aromatic nitrogens is 1. The van der Waals surface area contributed by atoms with Gasteiger partial charge in [0.15, 0.2) is 6.61 Å². The predicted octanol–water partition coefficient (Wildman–Crippen LogP) is 5.84. The molecule has 6 rings (SSSR count). The summed E-state index contributed by atoms with van der Waals surface area (Å²) in [5, 5.41) is 16.3. The van der Waals surface area contributed by atoms with Gasteiger partial charge in [0.25, 0.3) is 5.91 Å². The zero-order valence-electron chi connectivity index (χ0n) is 28.6. The lowest BCUT2D eigenvalue weighted by atomic mass is 10.0. The topological polar surface area (TPSA) is 136 Å². The number of hydrogen-bond acceptors (Lipinski definition) is 9. The van der Waals surface area contributed by atoms with Gasteiger partial charge in [-0.1, -0.05) is 78.1 Å². The van der Waals surface area contributed by atoms with Crippen LogP contribution in [-0.2, 0) is 22.5 Å². The van der Waals surface area contributed by atoms with E-state index in [-0.39, 0.29) is 29.2 Å². The van der Waals surface area contributed by atoms with E-state index in [1.165, 1.54) is 0 Å². The standard InChI is InChI=1S/C39H43N5O6S/c1-43(23-24-44-21-18-31(19-22-44)50-38(47)41-33-10-6-5-9-32(33)28-7-3-2-4-8-28)35(46)26-49-30-14-11-27(12-15-30)25-40-20-17-29-13-16-34(45)36-37(29)51-39(48)42-36/h2-16,31,40,45H,17-26H2,1H3,(H,41,47)(H,42,48). The van der Waals surface area contributed by atoms with Crippen molar-refractivity contribution < 1.29 is 24.2 Å². The first-order chi connectivity index (χ1) is 24.8. The summed E-state index contributed by atoms with van der Waals surface area (Å²) in [5.41, 5.74) is 5.27. The molecule has 51 heavy (non-hydrogen) atoms. The number of hydrogen-bond donors (Lipinski definition) is 4. The smallest absolute Gasteiger partial charge is 0.411 e. The number of fused-ring (bicyclic) bond motifs is 1. The maximum Gasteiger partial charge on any atom is 0.411 e. The predicted molar refractivity (Wildman–Crippen MR) is 201 cm³/mol.